The van der Waals surface area contributed by atoms with Gasteiger partial charge >= 0.3 is 5.97 Å². The molecule has 0 saturated heterocycles. The van der Waals surface area contributed by atoms with Crippen molar-refractivity contribution < 1.29 is 19.7 Å². The van der Waals surface area contributed by atoms with E-state index in [1.54, 1.807) is 27.0 Å². The molecule has 0 radical (unpaired) electrons. The Balaban J connectivity index is 2.93. The summed E-state index contributed by atoms with van der Waals surface area (Å²) in [6.07, 6.45) is -0.299. The molecule has 0 aromatic heterocycles. The number of benzene rings is 1. The highest BCUT2D eigenvalue weighted by Crippen LogP contribution is 2.26. The minimum atomic E-state index is -0.894. The average molecular weight is 252 g/mol. The third-order valence-corrected chi connectivity index (χ3v) is 3.35. The molecule has 1 aromatic rings. The van der Waals surface area contributed by atoms with E-state index >= 15 is 0 Å². The summed E-state index contributed by atoms with van der Waals surface area (Å²) in [6.45, 7) is 3.36. The van der Waals surface area contributed by atoms with Crippen molar-refractivity contribution in [2.24, 2.45) is 11.8 Å². The number of rotatable bonds is 6. The Morgan fingerprint density at radius 2 is 1.94 bits per heavy atom. The molecule has 0 saturated carbocycles. The molecule has 0 spiro atoms. The van der Waals surface area contributed by atoms with Gasteiger partial charge in [0.05, 0.1) is 19.1 Å². The number of aliphatic hydroxyl groups is 1. The number of carbonyl (C=O) groups is 1. The predicted octanol–water partition coefficient (Wildman–Crippen LogP) is 1.96. The monoisotopic (exact) mass is 252 g/mol. The molecule has 18 heavy (non-hydrogen) atoms. The summed E-state index contributed by atoms with van der Waals surface area (Å²) in [5.74, 6) is -1.15. The zero-order valence-electron chi connectivity index (χ0n) is 11.0. The molecule has 0 bridgehead atoms. The lowest BCUT2D eigenvalue weighted by Gasteiger charge is -2.23. The molecule has 0 aliphatic carbocycles. The first-order valence-electron chi connectivity index (χ1n) is 6.00. The average Bonchev–Trinajstić information content (AvgIpc) is 2.35. The van der Waals surface area contributed by atoms with E-state index in [9.17, 15) is 15.0 Å². The Hall–Kier alpha value is -1.55. The molecule has 4 nitrogen and oxygen atoms in total. The standard InChI is InChI=1S/C14H20O4/c1-9(10(2)15)12(14(16)17)8-11-6-4-5-7-13(11)18-3/h4-7,9-10,12,15H,8H2,1-3H3,(H,16,17). The number of hydrogen-bond donors (Lipinski definition) is 2. The smallest absolute Gasteiger partial charge is 0.307 e. The SMILES string of the molecule is COc1ccccc1CC(C(=O)O)C(C)C(C)O. The van der Waals surface area contributed by atoms with Crippen LogP contribution in [0.4, 0.5) is 0 Å². The fourth-order valence-corrected chi connectivity index (χ4v) is 1.94. The molecular formula is C14H20O4. The zero-order valence-corrected chi connectivity index (χ0v) is 11.0. The highest BCUT2D eigenvalue weighted by molar-refractivity contribution is 5.71. The Kier molecular flexibility index (Phi) is 5.16. The number of ether oxygens (including phenoxy) is 1. The fourth-order valence-electron chi connectivity index (χ4n) is 1.94. The molecule has 0 aliphatic rings. The van der Waals surface area contributed by atoms with Gasteiger partial charge in [0.25, 0.3) is 0 Å². The van der Waals surface area contributed by atoms with Gasteiger partial charge in [0, 0.05) is 0 Å². The van der Waals surface area contributed by atoms with Gasteiger partial charge in [-0.05, 0) is 30.9 Å². The van der Waals surface area contributed by atoms with E-state index < -0.39 is 18.0 Å². The van der Waals surface area contributed by atoms with Crippen LogP contribution >= 0.6 is 0 Å². The van der Waals surface area contributed by atoms with Crippen molar-refractivity contribution in [3.05, 3.63) is 29.8 Å². The number of methoxy groups -OCH3 is 1. The van der Waals surface area contributed by atoms with Crippen LogP contribution in [0.3, 0.4) is 0 Å². The number of para-hydroxylation sites is 1. The zero-order chi connectivity index (χ0) is 13.7. The van der Waals surface area contributed by atoms with Gasteiger partial charge < -0.3 is 14.9 Å². The molecule has 1 rings (SSSR count). The summed E-state index contributed by atoms with van der Waals surface area (Å²) >= 11 is 0. The lowest BCUT2D eigenvalue weighted by molar-refractivity contribution is -0.145. The molecule has 0 heterocycles. The number of hydrogen-bond acceptors (Lipinski definition) is 3. The third-order valence-electron chi connectivity index (χ3n) is 3.35. The number of aliphatic hydroxyl groups excluding tert-OH is 1. The van der Waals surface area contributed by atoms with Crippen molar-refractivity contribution in [3.63, 3.8) is 0 Å². The van der Waals surface area contributed by atoms with Gasteiger partial charge in [0.15, 0.2) is 0 Å². The summed E-state index contributed by atoms with van der Waals surface area (Å²) < 4.78 is 5.21. The quantitative estimate of drug-likeness (QED) is 0.812. The number of aliphatic carboxylic acids is 1. The van der Waals surface area contributed by atoms with E-state index in [-0.39, 0.29) is 5.92 Å². The molecule has 4 heteroatoms. The summed E-state index contributed by atoms with van der Waals surface area (Å²) in [7, 11) is 1.56. The second-order valence-electron chi connectivity index (χ2n) is 4.56. The topological polar surface area (TPSA) is 66.8 Å². The van der Waals surface area contributed by atoms with E-state index in [4.69, 9.17) is 4.74 Å². The Morgan fingerprint density at radius 3 is 2.44 bits per heavy atom. The largest absolute Gasteiger partial charge is 0.496 e. The van der Waals surface area contributed by atoms with Gasteiger partial charge in [0.1, 0.15) is 5.75 Å². The molecule has 0 amide bonds. The predicted molar refractivity (Wildman–Crippen MR) is 68.7 cm³/mol. The molecule has 100 valence electrons. The van der Waals surface area contributed by atoms with Gasteiger partial charge in [-0.15, -0.1) is 0 Å². The second-order valence-corrected chi connectivity index (χ2v) is 4.56. The van der Waals surface area contributed by atoms with Gasteiger partial charge in [-0.25, -0.2) is 0 Å². The molecular weight excluding hydrogens is 232 g/mol. The lowest BCUT2D eigenvalue weighted by Crippen LogP contribution is -2.30. The summed E-state index contributed by atoms with van der Waals surface area (Å²) in [5.41, 5.74) is 0.847. The van der Waals surface area contributed by atoms with Gasteiger partial charge in [-0.2, -0.15) is 0 Å². The van der Waals surface area contributed by atoms with Crippen LogP contribution in [0, 0.1) is 11.8 Å². The molecule has 2 N–H and O–H groups in total. The number of carboxylic acid groups (broad SMARTS) is 1. The van der Waals surface area contributed by atoms with Gasteiger partial charge in [0.2, 0.25) is 0 Å². The van der Waals surface area contributed by atoms with Crippen LogP contribution in [0.5, 0.6) is 5.75 Å². The van der Waals surface area contributed by atoms with E-state index in [0.717, 1.165) is 5.56 Å². The maximum Gasteiger partial charge on any atom is 0.307 e. The molecule has 0 fully saturated rings. The van der Waals surface area contributed by atoms with Crippen LogP contribution in [-0.4, -0.2) is 29.4 Å². The van der Waals surface area contributed by atoms with Crippen molar-refractivity contribution in [2.75, 3.05) is 7.11 Å². The van der Waals surface area contributed by atoms with Crippen molar-refractivity contribution in [3.8, 4) is 5.75 Å². The fraction of sp³-hybridized carbons (Fsp3) is 0.500. The highest BCUT2D eigenvalue weighted by atomic mass is 16.5. The van der Waals surface area contributed by atoms with Crippen LogP contribution in [-0.2, 0) is 11.2 Å². The summed E-state index contributed by atoms with van der Waals surface area (Å²) in [4.78, 5) is 11.3. The first kappa shape index (κ1) is 14.5. The Bertz CT molecular complexity index is 401. The molecule has 0 aliphatic heterocycles. The first-order chi connectivity index (χ1) is 8.47. The van der Waals surface area contributed by atoms with Crippen molar-refractivity contribution in [2.45, 2.75) is 26.4 Å². The highest BCUT2D eigenvalue weighted by Gasteiger charge is 2.28. The van der Waals surface area contributed by atoms with E-state index in [2.05, 4.69) is 0 Å². The van der Waals surface area contributed by atoms with Crippen molar-refractivity contribution in [1.29, 1.82) is 0 Å². The van der Waals surface area contributed by atoms with Crippen LogP contribution in [0.1, 0.15) is 19.4 Å². The summed E-state index contributed by atoms with van der Waals surface area (Å²) in [6, 6.07) is 7.35. The minimum absolute atomic E-state index is 0.313. The normalized spacial score (nSPS) is 15.8. The van der Waals surface area contributed by atoms with E-state index in [1.807, 2.05) is 18.2 Å². The number of carboxylic acids is 1. The second kappa shape index (κ2) is 6.40. The van der Waals surface area contributed by atoms with Crippen LogP contribution in [0.15, 0.2) is 24.3 Å². The Morgan fingerprint density at radius 1 is 1.33 bits per heavy atom. The maximum absolute atomic E-state index is 11.3. The first-order valence-corrected chi connectivity index (χ1v) is 6.00. The minimum Gasteiger partial charge on any atom is -0.496 e. The van der Waals surface area contributed by atoms with Crippen molar-refractivity contribution in [1.82, 2.24) is 0 Å². The maximum atomic E-state index is 11.3. The van der Waals surface area contributed by atoms with E-state index in [0.29, 0.717) is 12.2 Å². The Labute approximate surface area is 107 Å². The molecule has 1 aromatic carbocycles. The third kappa shape index (κ3) is 3.47. The van der Waals surface area contributed by atoms with Gasteiger partial charge in [-0.3, -0.25) is 4.79 Å². The van der Waals surface area contributed by atoms with Crippen LogP contribution < -0.4 is 4.74 Å². The van der Waals surface area contributed by atoms with E-state index in [1.165, 1.54) is 0 Å². The summed E-state index contributed by atoms with van der Waals surface area (Å²) in [5, 5.41) is 18.8. The molecule has 3 atom stereocenters. The van der Waals surface area contributed by atoms with Crippen LogP contribution in [0.25, 0.3) is 0 Å². The van der Waals surface area contributed by atoms with Crippen LogP contribution in [0.2, 0.25) is 0 Å². The van der Waals surface area contributed by atoms with Crippen molar-refractivity contribution >= 4 is 5.97 Å². The molecule has 3 unspecified atom stereocenters. The van der Waals surface area contributed by atoms with Gasteiger partial charge in [-0.1, -0.05) is 25.1 Å². The lowest BCUT2D eigenvalue weighted by atomic mass is 9.85.